The zero-order valence-electron chi connectivity index (χ0n) is 32.9. The van der Waals surface area contributed by atoms with Gasteiger partial charge in [0.05, 0.1) is 5.41 Å². The average Bonchev–Trinajstić information content (AvgIpc) is 3.50. The number of hydrogen-bond donors (Lipinski definition) is 1. The van der Waals surface area contributed by atoms with Crippen molar-refractivity contribution in [1.29, 1.82) is 0 Å². The summed E-state index contributed by atoms with van der Waals surface area (Å²) in [6, 6.07) is 16.3. The van der Waals surface area contributed by atoms with Gasteiger partial charge in [-0.3, -0.25) is 9.79 Å². The number of carbonyl (C=O) groups excluding carboxylic acids is 1. The molecule has 2 aromatic rings. The Bertz CT molecular complexity index is 1990. The van der Waals surface area contributed by atoms with Crippen molar-refractivity contribution in [1.82, 2.24) is 5.32 Å². The molecule has 0 spiro atoms. The molecule has 1 aliphatic carbocycles. The van der Waals surface area contributed by atoms with E-state index < -0.39 is 37.2 Å². The Morgan fingerprint density at radius 3 is 2.28 bits per heavy atom. The van der Waals surface area contributed by atoms with Crippen molar-refractivity contribution in [3.63, 3.8) is 0 Å². The minimum atomic E-state index is -4.50. The summed E-state index contributed by atoms with van der Waals surface area (Å²) in [5.41, 5.74) is 7.92. The number of allylic oxidation sites excluding steroid dienone is 8. The molecule has 1 amide bonds. The molecule has 2 heterocycles. The standard InChI is InChI=1S/C44H51ClF6N4O2/c1-41(2)32-16-5-7-18-34(32)54(26-11-9-20-38(56)52-28-43(46,47)48)36(41)24-22-30-14-13-15-31(40(30)45)23-25-37-42(3,4)33-17-6-8-19-35(33)55(37)27-12-10-21-39(57)53-29-44(49,50)51/h5-8,16-19,22-25H,9-15,20-21,26-29H2,1-4H3,(H-,52,53,56,57). The topological polar surface area (TPSA) is 70.8 Å². The van der Waals surface area contributed by atoms with Crippen LogP contribution in [0.3, 0.4) is 0 Å². The quantitative estimate of drug-likeness (QED) is 0.0640. The first-order valence-corrected chi connectivity index (χ1v) is 19.9. The van der Waals surface area contributed by atoms with Crippen LogP contribution in [0.2, 0.25) is 0 Å². The summed E-state index contributed by atoms with van der Waals surface area (Å²) in [5.74, 6) is -1.35. The van der Waals surface area contributed by atoms with Gasteiger partial charge in [-0.25, -0.2) is 0 Å². The number of aliphatic imine (C=N–C) groups is 1. The van der Waals surface area contributed by atoms with Crippen LogP contribution >= 0.6 is 11.6 Å². The third kappa shape index (κ3) is 11.0. The van der Waals surface area contributed by atoms with E-state index in [1.165, 1.54) is 0 Å². The lowest BCUT2D eigenvalue weighted by Crippen LogP contribution is -2.33. The maximum atomic E-state index is 12.5. The number of benzene rings is 2. The van der Waals surface area contributed by atoms with Gasteiger partial charge >= 0.3 is 12.4 Å². The number of hydrogen-bond acceptors (Lipinski definition) is 4. The Morgan fingerprint density at radius 2 is 1.56 bits per heavy atom. The van der Waals surface area contributed by atoms with Gasteiger partial charge in [0.1, 0.15) is 19.6 Å². The predicted molar refractivity (Wildman–Crippen MR) is 213 cm³/mol. The highest BCUT2D eigenvalue weighted by Gasteiger charge is 2.44. The van der Waals surface area contributed by atoms with Crippen molar-refractivity contribution in [2.24, 2.45) is 4.99 Å². The number of nitrogens with one attached hydrogen (secondary N) is 1. The van der Waals surface area contributed by atoms with Crippen molar-refractivity contribution in [3.8, 4) is 0 Å². The minimum absolute atomic E-state index is 0.0147. The van der Waals surface area contributed by atoms with Crippen LogP contribution in [0.15, 0.2) is 99.7 Å². The Balaban J connectivity index is 1.35. The van der Waals surface area contributed by atoms with E-state index in [9.17, 15) is 36.2 Å². The molecule has 308 valence electrons. The van der Waals surface area contributed by atoms with Crippen LogP contribution in [-0.2, 0) is 15.6 Å². The number of fused-ring (bicyclic) bond motifs is 2. The van der Waals surface area contributed by atoms with Gasteiger partial charge in [-0.2, -0.15) is 30.9 Å². The zero-order valence-corrected chi connectivity index (χ0v) is 33.7. The molecule has 3 aliphatic rings. The number of unbranched alkanes of at least 4 members (excludes halogenated alkanes) is 2. The average molecular weight is 817 g/mol. The molecule has 2 aromatic carbocycles. The number of rotatable bonds is 15. The first-order chi connectivity index (χ1) is 26.8. The van der Waals surface area contributed by atoms with Gasteiger partial charge in [-0.15, -0.1) is 0 Å². The van der Waals surface area contributed by atoms with Gasteiger partial charge in [0.15, 0.2) is 5.71 Å². The molecule has 0 unspecified atom stereocenters. The van der Waals surface area contributed by atoms with Crippen LogP contribution in [0.25, 0.3) is 0 Å². The smallest absolute Gasteiger partial charge is 0.407 e. The van der Waals surface area contributed by atoms with Crippen LogP contribution in [0.5, 0.6) is 0 Å². The van der Waals surface area contributed by atoms with Gasteiger partial charge in [-0.1, -0.05) is 74.0 Å². The summed E-state index contributed by atoms with van der Waals surface area (Å²) in [7, 11) is 0. The first-order valence-electron chi connectivity index (χ1n) is 19.5. The van der Waals surface area contributed by atoms with Crippen molar-refractivity contribution in [2.45, 2.75) is 109 Å². The number of alkyl halides is 6. The van der Waals surface area contributed by atoms with Crippen molar-refractivity contribution < 1.29 is 40.8 Å². The van der Waals surface area contributed by atoms with E-state index in [0.717, 1.165) is 64.3 Å². The van der Waals surface area contributed by atoms with Crippen LogP contribution in [-0.4, -0.2) is 60.6 Å². The van der Waals surface area contributed by atoms with E-state index in [0.29, 0.717) is 43.8 Å². The molecular formula is C44H51ClF6N4O2. The van der Waals surface area contributed by atoms with E-state index in [2.05, 4.69) is 90.7 Å². The minimum Gasteiger partial charge on any atom is -0.862 e. The second kappa shape index (κ2) is 18.1. The molecule has 5 rings (SSSR count). The molecule has 0 aromatic heterocycles. The predicted octanol–water partition coefficient (Wildman–Crippen LogP) is 10.2. The summed E-state index contributed by atoms with van der Waals surface area (Å²) in [4.78, 5) is 17.4. The lowest BCUT2D eigenvalue weighted by molar-refractivity contribution is -0.438. The van der Waals surface area contributed by atoms with E-state index in [1.807, 2.05) is 29.6 Å². The normalized spacial score (nSPS) is 19.6. The highest BCUT2D eigenvalue weighted by Crippen LogP contribution is 2.48. The molecule has 0 saturated heterocycles. The molecule has 6 nitrogen and oxygen atoms in total. The van der Waals surface area contributed by atoms with Crippen LogP contribution < -0.4 is 15.3 Å². The molecular weight excluding hydrogens is 766 g/mol. The fourth-order valence-corrected chi connectivity index (χ4v) is 8.29. The Hall–Kier alpha value is -4.32. The molecule has 0 atom stereocenters. The highest BCUT2D eigenvalue weighted by molar-refractivity contribution is 6.32. The van der Waals surface area contributed by atoms with Gasteiger partial charge in [-0.05, 0) is 93.5 Å². The molecule has 13 heteroatoms. The van der Waals surface area contributed by atoms with Crippen LogP contribution in [0, 0.1) is 0 Å². The Kier molecular flexibility index (Phi) is 13.9. The summed E-state index contributed by atoms with van der Waals surface area (Å²) in [6.07, 6.45) is 4.01. The molecule has 0 fully saturated rings. The second-order valence-electron chi connectivity index (χ2n) is 15.9. The van der Waals surface area contributed by atoms with Gasteiger partial charge in [0.2, 0.25) is 11.6 Å². The fraction of sp³-hybridized carbons (Fsp3) is 0.477. The highest BCUT2D eigenvalue weighted by atomic mass is 35.5. The Morgan fingerprint density at radius 1 is 0.877 bits per heavy atom. The van der Waals surface area contributed by atoms with E-state index in [-0.39, 0.29) is 23.7 Å². The summed E-state index contributed by atoms with van der Waals surface area (Å²) in [6.45, 7) is 7.04. The fourth-order valence-electron chi connectivity index (χ4n) is 7.98. The summed E-state index contributed by atoms with van der Waals surface area (Å²) in [5, 5.41) is 14.6. The lowest BCUT2D eigenvalue weighted by atomic mass is 9.81. The van der Waals surface area contributed by atoms with Crippen LogP contribution in [0.1, 0.15) is 96.6 Å². The maximum absolute atomic E-state index is 12.5. The summed E-state index contributed by atoms with van der Waals surface area (Å²) < 4.78 is 77.3. The third-order valence-corrected chi connectivity index (χ3v) is 11.4. The number of amides is 1. The SMILES string of the molecule is CC1(C)C(=CC=C2CCCC(C=CC3=[N+](CCCCC(=O)NCC(F)(F)F)c4ccccc4C3(C)C)=C2Cl)N(CCCCC([O-])=NCC(F)(F)F)c2ccccc21. The lowest BCUT2D eigenvalue weighted by Gasteiger charge is -2.27. The van der Waals surface area contributed by atoms with Gasteiger partial charge < -0.3 is 15.3 Å². The largest absolute Gasteiger partial charge is 0.862 e. The molecule has 0 bridgehead atoms. The number of halogens is 7. The van der Waals surface area contributed by atoms with Gasteiger partial charge in [0, 0.05) is 58.9 Å². The molecule has 2 aliphatic heterocycles. The number of anilines is 1. The summed E-state index contributed by atoms with van der Waals surface area (Å²) >= 11 is 7.16. The first kappa shape index (κ1) is 43.8. The maximum Gasteiger partial charge on any atom is 0.407 e. The third-order valence-electron chi connectivity index (χ3n) is 10.9. The number of nitrogens with zero attached hydrogens (tertiary/aromatic N) is 3. The molecule has 0 saturated carbocycles. The Labute approximate surface area is 336 Å². The van der Waals surface area contributed by atoms with Crippen molar-refractivity contribution in [3.05, 3.63) is 106 Å². The number of para-hydroxylation sites is 2. The van der Waals surface area contributed by atoms with E-state index in [1.54, 1.807) is 0 Å². The molecule has 1 N–H and O–H groups in total. The zero-order chi connectivity index (χ0) is 41.6. The van der Waals surface area contributed by atoms with Gasteiger partial charge in [0.25, 0.3) is 0 Å². The van der Waals surface area contributed by atoms with E-state index >= 15 is 0 Å². The monoisotopic (exact) mass is 816 g/mol. The second-order valence-corrected chi connectivity index (χ2v) is 16.3. The molecule has 57 heavy (non-hydrogen) atoms. The van der Waals surface area contributed by atoms with Crippen LogP contribution in [0.4, 0.5) is 37.7 Å². The van der Waals surface area contributed by atoms with Crippen molar-refractivity contribution >= 4 is 40.5 Å². The molecule has 0 radical (unpaired) electrons. The number of carbonyl (C=O) groups is 1. The van der Waals surface area contributed by atoms with Crippen molar-refractivity contribution in [2.75, 3.05) is 31.1 Å². The van der Waals surface area contributed by atoms with E-state index in [4.69, 9.17) is 11.6 Å².